The van der Waals surface area contributed by atoms with Crippen LogP contribution in [0.3, 0.4) is 0 Å². The lowest BCUT2D eigenvalue weighted by Gasteiger charge is -2.16. The molecular formula is C17H22N4. The quantitative estimate of drug-likeness (QED) is 0.654. The van der Waals surface area contributed by atoms with Crippen LogP contribution in [0, 0.1) is 0 Å². The molecule has 0 bridgehead atoms. The monoisotopic (exact) mass is 282 g/mol. The van der Waals surface area contributed by atoms with Gasteiger partial charge in [0.05, 0.1) is 12.2 Å². The van der Waals surface area contributed by atoms with Gasteiger partial charge in [0, 0.05) is 19.8 Å². The standard InChI is InChI=1S/C17H22N4/c1-14(15-8-4-3-5-9-15)12-20-17(18-2)21-13-16-10-6-7-11-19-16/h3-11,14H,12-13H2,1-2H3,(H2,18,20,21). The zero-order valence-electron chi connectivity index (χ0n) is 12.6. The highest BCUT2D eigenvalue weighted by Gasteiger charge is 2.06. The van der Waals surface area contributed by atoms with E-state index < -0.39 is 0 Å². The third-order valence-electron chi connectivity index (χ3n) is 3.33. The van der Waals surface area contributed by atoms with Crippen LogP contribution in [0.15, 0.2) is 59.7 Å². The molecule has 110 valence electrons. The van der Waals surface area contributed by atoms with Crippen LogP contribution in [0.25, 0.3) is 0 Å². The number of pyridine rings is 1. The van der Waals surface area contributed by atoms with Crippen LogP contribution in [0.4, 0.5) is 0 Å². The average Bonchev–Trinajstić information content (AvgIpc) is 2.56. The predicted molar refractivity (Wildman–Crippen MR) is 87.3 cm³/mol. The van der Waals surface area contributed by atoms with Crippen molar-refractivity contribution in [1.82, 2.24) is 15.6 Å². The van der Waals surface area contributed by atoms with Crippen LogP contribution in [-0.2, 0) is 6.54 Å². The van der Waals surface area contributed by atoms with Gasteiger partial charge in [-0.2, -0.15) is 0 Å². The van der Waals surface area contributed by atoms with Crippen molar-refractivity contribution in [2.24, 2.45) is 4.99 Å². The van der Waals surface area contributed by atoms with Gasteiger partial charge in [0.25, 0.3) is 0 Å². The third kappa shape index (κ3) is 4.91. The second-order valence-electron chi connectivity index (χ2n) is 4.94. The van der Waals surface area contributed by atoms with Gasteiger partial charge in [0.2, 0.25) is 0 Å². The molecule has 1 atom stereocenters. The van der Waals surface area contributed by atoms with Gasteiger partial charge in [-0.1, -0.05) is 43.3 Å². The molecule has 0 fully saturated rings. The molecule has 21 heavy (non-hydrogen) atoms. The third-order valence-corrected chi connectivity index (χ3v) is 3.33. The molecule has 0 amide bonds. The number of aliphatic imine (C=N–C) groups is 1. The molecule has 0 saturated carbocycles. The number of nitrogens with zero attached hydrogens (tertiary/aromatic N) is 2. The highest BCUT2D eigenvalue weighted by Crippen LogP contribution is 2.12. The van der Waals surface area contributed by atoms with Crippen molar-refractivity contribution < 1.29 is 0 Å². The van der Waals surface area contributed by atoms with Gasteiger partial charge in [-0.25, -0.2) is 0 Å². The fourth-order valence-electron chi connectivity index (χ4n) is 2.05. The lowest BCUT2D eigenvalue weighted by molar-refractivity contribution is 0.697. The summed E-state index contributed by atoms with van der Waals surface area (Å²) < 4.78 is 0. The van der Waals surface area contributed by atoms with E-state index in [9.17, 15) is 0 Å². The minimum Gasteiger partial charge on any atom is -0.356 e. The summed E-state index contributed by atoms with van der Waals surface area (Å²) in [6, 6.07) is 16.4. The van der Waals surface area contributed by atoms with Gasteiger partial charge in [-0.3, -0.25) is 9.98 Å². The number of hydrogen-bond donors (Lipinski definition) is 2. The molecule has 0 spiro atoms. The first-order valence-electron chi connectivity index (χ1n) is 7.19. The SMILES string of the molecule is CN=C(NCc1ccccn1)NCC(C)c1ccccc1. The van der Waals surface area contributed by atoms with E-state index in [1.54, 1.807) is 13.2 Å². The maximum atomic E-state index is 4.28. The summed E-state index contributed by atoms with van der Waals surface area (Å²) in [4.78, 5) is 8.52. The zero-order valence-corrected chi connectivity index (χ0v) is 12.6. The Morgan fingerprint density at radius 2 is 1.86 bits per heavy atom. The highest BCUT2D eigenvalue weighted by atomic mass is 15.2. The van der Waals surface area contributed by atoms with Gasteiger partial charge < -0.3 is 10.6 Å². The summed E-state index contributed by atoms with van der Waals surface area (Å²) in [7, 11) is 1.78. The first-order valence-corrected chi connectivity index (χ1v) is 7.19. The molecule has 0 aliphatic heterocycles. The number of nitrogens with one attached hydrogen (secondary N) is 2. The summed E-state index contributed by atoms with van der Waals surface area (Å²) in [5, 5.41) is 6.62. The minimum absolute atomic E-state index is 0.430. The molecule has 0 aliphatic rings. The van der Waals surface area contributed by atoms with E-state index in [0.29, 0.717) is 12.5 Å². The van der Waals surface area contributed by atoms with Crippen molar-refractivity contribution in [3.63, 3.8) is 0 Å². The maximum absolute atomic E-state index is 4.28. The Balaban J connectivity index is 1.80. The predicted octanol–water partition coefficient (Wildman–Crippen LogP) is 2.55. The van der Waals surface area contributed by atoms with Crippen LogP contribution in [-0.4, -0.2) is 24.5 Å². The topological polar surface area (TPSA) is 49.3 Å². The second kappa shape index (κ2) is 8.04. The lowest BCUT2D eigenvalue weighted by atomic mass is 10.0. The highest BCUT2D eigenvalue weighted by molar-refractivity contribution is 5.79. The summed E-state index contributed by atoms with van der Waals surface area (Å²) >= 11 is 0. The van der Waals surface area contributed by atoms with E-state index in [1.165, 1.54) is 5.56 Å². The van der Waals surface area contributed by atoms with E-state index in [1.807, 2.05) is 24.3 Å². The first-order chi connectivity index (χ1) is 10.3. The average molecular weight is 282 g/mol. The van der Waals surface area contributed by atoms with E-state index in [4.69, 9.17) is 0 Å². The molecule has 1 unspecified atom stereocenters. The van der Waals surface area contributed by atoms with Gasteiger partial charge in [0.15, 0.2) is 5.96 Å². The zero-order chi connectivity index (χ0) is 14.9. The van der Waals surface area contributed by atoms with Crippen molar-refractivity contribution in [2.45, 2.75) is 19.4 Å². The van der Waals surface area contributed by atoms with E-state index in [2.05, 4.69) is 51.8 Å². The van der Waals surface area contributed by atoms with Crippen molar-refractivity contribution in [3.05, 3.63) is 66.0 Å². The van der Waals surface area contributed by atoms with E-state index in [-0.39, 0.29) is 0 Å². The number of hydrogen-bond acceptors (Lipinski definition) is 2. The van der Waals surface area contributed by atoms with Gasteiger partial charge >= 0.3 is 0 Å². The minimum atomic E-state index is 0.430. The molecule has 2 aromatic rings. The number of benzene rings is 1. The van der Waals surface area contributed by atoms with Gasteiger partial charge in [-0.15, -0.1) is 0 Å². The first kappa shape index (κ1) is 15.0. The Bertz CT molecular complexity index is 552. The molecule has 1 aromatic carbocycles. The number of guanidine groups is 1. The van der Waals surface area contributed by atoms with Crippen LogP contribution in [0.2, 0.25) is 0 Å². The maximum Gasteiger partial charge on any atom is 0.191 e. The molecule has 4 heteroatoms. The molecule has 2 rings (SSSR count). The Kier molecular flexibility index (Phi) is 5.76. The van der Waals surface area contributed by atoms with Crippen molar-refractivity contribution in [1.29, 1.82) is 0 Å². The summed E-state index contributed by atoms with van der Waals surface area (Å²) in [6.45, 7) is 3.71. The largest absolute Gasteiger partial charge is 0.356 e. The fraction of sp³-hybridized carbons (Fsp3) is 0.294. The van der Waals surface area contributed by atoms with E-state index >= 15 is 0 Å². The second-order valence-corrected chi connectivity index (χ2v) is 4.94. The molecule has 1 heterocycles. The normalized spacial score (nSPS) is 12.8. The summed E-state index contributed by atoms with van der Waals surface area (Å²) in [5.74, 6) is 1.23. The van der Waals surface area contributed by atoms with E-state index in [0.717, 1.165) is 18.2 Å². The molecule has 0 saturated heterocycles. The summed E-state index contributed by atoms with van der Waals surface area (Å²) in [6.07, 6.45) is 1.80. The van der Waals surface area contributed by atoms with Crippen molar-refractivity contribution in [2.75, 3.05) is 13.6 Å². The Morgan fingerprint density at radius 1 is 1.10 bits per heavy atom. The summed E-state index contributed by atoms with van der Waals surface area (Å²) in [5.41, 5.74) is 2.32. The van der Waals surface area contributed by atoms with Crippen molar-refractivity contribution >= 4 is 5.96 Å². The van der Waals surface area contributed by atoms with Gasteiger partial charge in [-0.05, 0) is 23.6 Å². The molecule has 2 N–H and O–H groups in total. The Hall–Kier alpha value is -2.36. The number of aromatic nitrogens is 1. The molecule has 4 nitrogen and oxygen atoms in total. The lowest BCUT2D eigenvalue weighted by Crippen LogP contribution is -2.38. The van der Waals surface area contributed by atoms with Crippen LogP contribution in [0.5, 0.6) is 0 Å². The number of rotatable bonds is 5. The van der Waals surface area contributed by atoms with Crippen LogP contribution >= 0.6 is 0 Å². The Morgan fingerprint density at radius 3 is 2.52 bits per heavy atom. The van der Waals surface area contributed by atoms with Gasteiger partial charge in [0.1, 0.15) is 0 Å². The van der Waals surface area contributed by atoms with Crippen molar-refractivity contribution in [3.8, 4) is 0 Å². The molecule has 1 aromatic heterocycles. The molecular weight excluding hydrogens is 260 g/mol. The fourth-order valence-corrected chi connectivity index (χ4v) is 2.05. The van der Waals surface area contributed by atoms with Crippen LogP contribution < -0.4 is 10.6 Å². The molecule has 0 aliphatic carbocycles. The van der Waals surface area contributed by atoms with Crippen LogP contribution in [0.1, 0.15) is 24.1 Å². The Labute approximate surface area is 126 Å². The molecule has 0 radical (unpaired) electrons. The smallest absolute Gasteiger partial charge is 0.191 e.